The number of ketones is 1. The number of nitrogens with zero attached hydrogens (tertiary/aromatic N) is 2. The first-order chi connectivity index (χ1) is 12.5. The molecule has 2 aromatic carbocycles. The van der Waals surface area contributed by atoms with Gasteiger partial charge in [0.15, 0.2) is 10.9 Å². The van der Waals surface area contributed by atoms with E-state index in [2.05, 4.69) is 15.7 Å². The van der Waals surface area contributed by atoms with Gasteiger partial charge in [0.2, 0.25) is 0 Å². The van der Waals surface area contributed by atoms with E-state index in [0.717, 1.165) is 16.9 Å². The van der Waals surface area contributed by atoms with Gasteiger partial charge < -0.3 is 10.6 Å². The number of carbonyl (C=O) groups is 1. The summed E-state index contributed by atoms with van der Waals surface area (Å²) in [4.78, 5) is 11.3. The molecule has 0 fully saturated rings. The maximum Gasteiger partial charge on any atom is 0.175 e. The second-order valence-corrected chi connectivity index (χ2v) is 6.17. The minimum atomic E-state index is -0.260. The summed E-state index contributed by atoms with van der Waals surface area (Å²) in [5.74, 6) is -0.241. The van der Waals surface area contributed by atoms with Crippen LogP contribution in [0.15, 0.2) is 60.9 Å². The third-order valence-electron chi connectivity index (χ3n) is 3.70. The predicted octanol–water partition coefficient (Wildman–Crippen LogP) is 4.08. The van der Waals surface area contributed by atoms with E-state index in [0.29, 0.717) is 17.2 Å². The zero-order valence-corrected chi connectivity index (χ0v) is 14.9. The molecule has 5 nitrogen and oxygen atoms in total. The first kappa shape index (κ1) is 17.8. The van der Waals surface area contributed by atoms with Crippen LogP contribution in [0, 0.1) is 5.82 Å². The number of Topliss-reactive ketones (excluding diaryl/α,β-unsaturated/α-hetero) is 1. The Labute approximate surface area is 155 Å². The molecule has 0 unspecified atom stereocenters. The fourth-order valence-electron chi connectivity index (χ4n) is 2.37. The van der Waals surface area contributed by atoms with Crippen LogP contribution in [0.1, 0.15) is 22.8 Å². The van der Waals surface area contributed by atoms with E-state index in [1.807, 2.05) is 6.20 Å². The maximum absolute atomic E-state index is 12.9. The number of hydrogen-bond donors (Lipinski definition) is 2. The summed E-state index contributed by atoms with van der Waals surface area (Å²) in [6.07, 6.45) is 3.48. The highest BCUT2D eigenvalue weighted by molar-refractivity contribution is 7.80. The quantitative estimate of drug-likeness (QED) is 0.525. The highest BCUT2D eigenvalue weighted by atomic mass is 32.1. The van der Waals surface area contributed by atoms with Crippen molar-refractivity contribution in [2.75, 3.05) is 10.6 Å². The molecule has 3 aromatic rings. The highest BCUT2D eigenvalue weighted by Crippen LogP contribution is 2.12. The van der Waals surface area contributed by atoms with Crippen molar-refractivity contribution < 1.29 is 9.18 Å². The Bertz CT molecular complexity index is 919. The molecule has 26 heavy (non-hydrogen) atoms. The van der Waals surface area contributed by atoms with Crippen LogP contribution in [0.4, 0.5) is 15.8 Å². The molecule has 0 amide bonds. The van der Waals surface area contributed by atoms with Crippen LogP contribution >= 0.6 is 12.2 Å². The molecule has 0 aliphatic rings. The molecule has 1 aromatic heterocycles. The summed E-state index contributed by atoms with van der Waals surface area (Å²) >= 11 is 5.29. The van der Waals surface area contributed by atoms with Crippen molar-refractivity contribution in [1.29, 1.82) is 0 Å². The lowest BCUT2D eigenvalue weighted by Crippen LogP contribution is -2.18. The first-order valence-corrected chi connectivity index (χ1v) is 8.36. The molecule has 0 aliphatic carbocycles. The van der Waals surface area contributed by atoms with Crippen LogP contribution in [0.5, 0.6) is 0 Å². The molecule has 0 saturated heterocycles. The molecule has 7 heteroatoms. The molecule has 132 valence electrons. The van der Waals surface area contributed by atoms with Crippen molar-refractivity contribution in [3.05, 3.63) is 77.9 Å². The Kier molecular flexibility index (Phi) is 5.38. The van der Waals surface area contributed by atoms with Crippen LogP contribution in [0.3, 0.4) is 0 Å². The van der Waals surface area contributed by atoms with E-state index < -0.39 is 0 Å². The first-order valence-electron chi connectivity index (χ1n) is 7.95. The Morgan fingerprint density at radius 2 is 1.73 bits per heavy atom. The minimum absolute atomic E-state index is 0.0193. The molecule has 0 bridgehead atoms. The zero-order valence-electron chi connectivity index (χ0n) is 14.1. The predicted molar refractivity (Wildman–Crippen MR) is 104 cm³/mol. The standard InChI is InChI=1S/C19H17FN4OS/c1-13(25)15-4-8-17(9-5-15)22-19(26)23-18-10-21-24(12-18)11-14-2-6-16(20)7-3-14/h2-10,12H,11H2,1H3,(H2,22,23,26). The van der Waals surface area contributed by atoms with Gasteiger partial charge in [0.05, 0.1) is 18.4 Å². The summed E-state index contributed by atoms with van der Waals surface area (Å²) in [6.45, 7) is 2.06. The molecular formula is C19H17FN4OS. The van der Waals surface area contributed by atoms with Crippen LogP contribution in [0.2, 0.25) is 0 Å². The normalized spacial score (nSPS) is 10.4. The van der Waals surface area contributed by atoms with Gasteiger partial charge in [0.1, 0.15) is 5.82 Å². The van der Waals surface area contributed by atoms with Gasteiger partial charge in [-0.2, -0.15) is 5.10 Å². The lowest BCUT2D eigenvalue weighted by Gasteiger charge is -2.09. The van der Waals surface area contributed by atoms with Gasteiger partial charge in [0, 0.05) is 17.4 Å². The van der Waals surface area contributed by atoms with Crippen LogP contribution in [-0.4, -0.2) is 20.7 Å². The molecule has 0 radical (unpaired) electrons. The van der Waals surface area contributed by atoms with Crippen molar-refractivity contribution in [2.45, 2.75) is 13.5 Å². The summed E-state index contributed by atoms with van der Waals surface area (Å²) in [5.41, 5.74) is 3.12. The van der Waals surface area contributed by atoms with Gasteiger partial charge in [0.25, 0.3) is 0 Å². The van der Waals surface area contributed by atoms with Gasteiger partial charge in [-0.15, -0.1) is 0 Å². The second kappa shape index (κ2) is 7.88. The third-order valence-corrected chi connectivity index (χ3v) is 3.90. The zero-order chi connectivity index (χ0) is 18.5. The smallest absolute Gasteiger partial charge is 0.175 e. The van der Waals surface area contributed by atoms with E-state index in [4.69, 9.17) is 12.2 Å². The molecule has 0 saturated carbocycles. The summed E-state index contributed by atoms with van der Waals surface area (Å²) in [5, 5.41) is 10.8. The molecule has 0 spiro atoms. The van der Waals surface area contributed by atoms with E-state index in [1.54, 1.807) is 47.3 Å². The number of halogens is 1. The van der Waals surface area contributed by atoms with Crippen LogP contribution < -0.4 is 10.6 Å². The van der Waals surface area contributed by atoms with E-state index >= 15 is 0 Å². The van der Waals surface area contributed by atoms with Gasteiger partial charge in [-0.25, -0.2) is 4.39 Å². The van der Waals surface area contributed by atoms with E-state index in [1.165, 1.54) is 19.1 Å². The molecule has 0 aliphatic heterocycles. The largest absolute Gasteiger partial charge is 0.332 e. The fourth-order valence-corrected chi connectivity index (χ4v) is 2.61. The number of thiocarbonyl (C=S) groups is 1. The van der Waals surface area contributed by atoms with Crippen molar-refractivity contribution in [3.8, 4) is 0 Å². The molecule has 1 heterocycles. The van der Waals surface area contributed by atoms with Crippen molar-refractivity contribution in [1.82, 2.24) is 9.78 Å². The number of carbonyl (C=O) groups excluding carboxylic acids is 1. The van der Waals surface area contributed by atoms with Crippen LogP contribution in [-0.2, 0) is 6.54 Å². The topological polar surface area (TPSA) is 59.0 Å². The number of nitrogens with one attached hydrogen (secondary N) is 2. The van der Waals surface area contributed by atoms with Crippen molar-refractivity contribution in [2.24, 2.45) is 0 Å². The lowest BCUT2D eigenvalue weighted by atomic mass is 10.1. The van der Waals surface area contributed by atoms with Gasteiger partial charge in [-0.05, 0) is 61.1 Å². The summed E-state index contributed by atoms with van der Waals surface area (Å²) < 4.78 is 14.7. The highest BCUT2D eigenvalue weighted by Gasteiger charge is 2.04. The molecular weight excluding hydrogens is 351 g/mol. The summed E-state index contributed by atoms with van der Waals surface area (Å²) in [6, 6.07) is 13.4. The number of hydrogen-bond acceptors (Lipinski definition) is 3. The summed E-state index contributed by atoms with van der Waals surface area (Å²) in [7, 11) is 0. The average Bonchev–Trinajstić information content (AvgIpc) is 3.04. The number of anilines is 2. The third kappa shape index (κ3) is 4.73. The minimum Gasteiger partial charge on any atom is -0.332 e. The number of benzene rings is 2. The Balaban J connectivity index is 1.57. The average molecular weight is 368 g/mol. The van der Waals surface area contributed by atoms with Gasteiger partial charge in [-0.1, -0.05) is 12.1 Å². The Hall–Kier alpha value is -3.06. The maximum atomic E-state index is 12.9. The SMILES string of the molecule is CC(=O)c1ccc(NC(=S)Nc2cnn(Cc3ccc(F)cc3)c2)cc1. The Morgan fingerprint density at radius 3 is 2.38 bits per heavy atom. The molecule has 2 N–H and O–H groups in total. The van der Waals surface area contributed by atoms with Crippen molar-refractivity contribution in [3.63, 3.8) is 0 Å². The number of aromatic nitrogens is 2. The fraction of sp³-hybridized carbons (Fsp3) is 0.105. The van der Waals surface area contributed by atoms with Crippen molar-refractivity contribution >= 4 is 34.5 Å². The Morgan fingerprint density at radius 1 is 1.08 bits per heavy atom. The second-order valence-electron chi connectivity index (χ2n) is 5.77. The number of rotatable bonds is 5. The van der Waals surface area contributed by atoms with Crippen LogP contribution in [0.25, 0.3) is 0 Å². The molecule has 0 atom stereocenters. The molecule has 3 rings (SSSR count). The monoisotopic (exact) mass is 368 g/mol. The van der Waals surface area contributed by atoms with Gasteiger partial charge in [-0.3, -0.25) is 9.48 Å². The lowest BCUT2D eigenvalue weighted by molar-refractivity contribution is 0.101. The van der Waals surface area contributed by atoms with Gasteiger partial charge >= 0.3 is 0 Å². The van der Waals surface area contributed by atoms with E-state index in [-0.39, 0.29) is 11.6 Å². The van der Waals surface area contributed by atoms with E-state index in [9.17, 15) is 9.18 Å².